The fraction of sp³-hybridized carbons (Fsp3) is 0.571. The Kier molecular flexibility index (Phi) is 4.21. The van der Waals surface area contributed by atoms with Crippen LogP contribution >= 0.6 is 27.5 Å². The topological polar surface area (TPSA) is 30.7 Å². The van der Waals surface area contributed by atoms with E-state index in [4.69, 9.17) is 11.6 Å². The summed E-state index contributed by atoms with van der Waals surface area (Å²) in [5, 5.41) is -0.118. The zero-order valence-electron chi connectivity index (χ0n) is 11.7. The zero-order chi connectivity index (χ0) is 14.2. The Morgan fingerprint density at radius 1 is 1.42 bits per heavy atom. The van der Waals surface area contributed by atoms with Gasteiger partial charge in [-0.15, -0.1) is 11.6 Å². The maximum absolute atomic E-state index is 6.25. The van der Waals surface area contributed by atoms with Gasteiger partial charge >= 0.3 is 0 Å². The van der Waals surface area contributed by atoms with Crippen LogP contribution in [0.25, 0.3) is 11.2 Å². The van der Waals surface area contributed by atoms with E-state index in [1.807, 2.05) is 13.0 Å². The Labute approximate surface area is 127 Å². The molecule has 1 unspecified atom stereocenters. The molecule has 0 spiro atoms. The van der Waals surface area contributed by atoms with Crippen LogP contribution in [0.1, 0.15) is 45.3 Å². The number of rotatable bonds is 3. The van der Waals surface area contributed by atoms with Crippen molar-refractivity contribution in [2.75, 3.05) is 0 Å². The van der Waals surface area contributed by atoms with Crippen molar-refractivity contribution in [3.05, 3.63) is 22.6 Å². The molecule has 0 aliphatic heterocycles. The first-order valence-electron chi connectivity index (χ1n) is 6.44. The van der Waals surface area contributed by atoms with Gasteiger partial charge in [0, 0.05) is 17.2 Å². The number of nitrogens with zero attached hydrogens (tertiary/aromatic N) is 3. The van der Waals surface area contributed by atoms with Crippen LogP contribution in [-0.2, 0) is 6.54 Å². The number of hydrogen-bond acceptors (Lipinski definition) is 2. The van der Waals surface area contributed by atoms with Gasteiger partial charge in [-0.1, -0.05) is 20.8 Å². The molecule has 0 amide bonds. The van der Waals surface area contributed by atoms with Crippen LogP contribution in [0.4, 0.5) is 0 Å². The maximum atomic E-state index is 6.25. The molecule has 1 atom stereocenters. The SMILES string of the molecule is CC(Cl)c1nc2cc(Br)cnc2n1CCC(C)(C)C. The minimum absolute atomic E-state index is 0.118. The van der Waals surface area contributed by atoms with E-state index in [0.29, 0.717) is 0 Å². The molecule has 2 aromatic rings. The first-order chi connectivity index (χ1) is 8.78. The average Bonchev–Trinajstić information content (AvgIpc) is 2.63. The van der Waals surface area contributed by atoms with Crippen LogP contribution in [0, 0.1) is 5.41 Å². The van der Waals surface area contributed by atoms with Crippen molar-refractivity contribution in [2.24, 2.45) is 5.41 Å². The monoisotopic (exact) mass is 343 g/mol. The number of halogens is 2. The summed E-state index contributed by atoms with van der Waals surface area (Å²) >= 11 is 9.68. The normalized spacial score (nSPS) is 14.0. The molecule has 0 bridgehead atoms. The molecule has 3 nitrogen and oxygen atoms in total. The number of imidazole rings is 1. The lowest BCUT2D eigenvalue weighted by Gasteiger charge is -2.19. The fourth-order valence-corrected chi connectivity index (χ4v) is 2.46. The van der Waals surface area contributed by atoms with Gasteiger partial charge in [0.1, 0.15) is 11.3 Å². The third kappa shape index (κ3) is 3.48. The molecule has 0 aromatic carbocycles. The summed E-state index contributed by atoms with van der Waals surface area (Å²) in [6.07, 6.45) is 2.87. The summed E-state index contributed by atoms with van der Waals surface area (Å²) in [6.45, 7) is 9.55. The highest BCUT2D eigenvalue weighted by molar-refractivity contribution is 9.10. The molecule has 0 N–H and O–H groups in total. The van der Waals surface area contributed by atoms with E-state index < -0.39 is 0 Å². The lowest BCUT2D eigenvalue weighted by molar-refractivity contribution is 0.349. The number of fused-ring (bicyclic) bond motifs is 1. The number of pyridine rings is 1. The highest BCUT2D eigenvalue weighted by Gasteiger charge is 2.18. The third-order valence-corrected chi connectivity index (χ3v) is 3.65. The first kappa shape index (κ1) is 14.8. The van der Waals surface area contributed by atoms with Crippen LogP contribution < -0.4 is 0 Å². The van der Waals surface area contributed by atoms with Crippen LogP contribution in [0.3, 0.4) is 0 Å². The molecule has 2 heterocycles. The Bertz CT molecular complexity index is 584. The van der Waals surface area contributed by atoms with Crippen molar-refractivity contribution in [3.63, 3.8) is 0 Å². The smallest absolute Gasteiger partial charge is 0.160 e. The van der Waals surface area contributed by atoms with Crippen LogP contribution in [0.5, 0.6) is 0 Å². The molecule has 0 fully saturated rings. The van der Waals surface area contributed by atoms with E-state index in [1.54, 1.807) is 6.20 Å². The van der Waals surface area contributed by atoms with E-state index in [-0.39, 0.29) is 10.8 Å². The Balaban J connectivity index is 2.46. The summed E-state index contributed by atoms with van der Waals surface area (Å²) in [6, 6.07) is 1.98. The summed E-state index contributed by atoms with van der Waals surface area (Å²) in [5.41, 5.74) is 2.08. The van der Waals surface area contributed by atoms with E-state index in [1.165, 1.54) is 0 Å². The second-order valence-corrected chi connectivity index (χ2v) is 7.61. The molecule has 104 valence electrons. The van der Waals surface area contributed by atoms with Crippen LogP contribution in [-0.4, -0.2) is 14.5 Å². The van der Waals surface area contributed by atoms with Gasteiger partial charge in [-0.05, 0) is 40.8 Å². The van der Waals surface area contributed by atoms with Crippen molar-refractivity contribution < 1.29 is 0 Å². The van der Waals surface area contributed by atoms with Gasteiger partial charge in [0.2, 0.25) is 0 Å². The zero-order valence-corrected chi connectivity index (χ0v) is 14.1. The minimum atomic E-state index is -0.118. The van der Waals surface area contributed by atoms with Crippen molar-refractivity contribution in [3.8, 4) is 0 Å². The van der Waals surface area contributed by atoms with Crippen LogP contribution in [0.15, 0.2) is 16.7 Å². The van der Waals surface area contributed by atoms with E-state index in [0.717, 1.165) is 34.4 Å². The number of alkyl halides is 1. The average molecular weight is 345 g/mol. The molecular formula is C14H19BrClN3. The second kappa shape index (κ2) is 5.41. The van der Waals surface area contributed by atoms with E-state index in [9.17, 15) is 0 Å². The van der Waals surface area contributed by atoms with Gasteiger partial charge in [0.05, 0.1) is 5.38 Å². The summed E-state index contributed by atoms with van der Waals surface area (Å²) in [4.78, 5) is 9.09. The predicted octanol–water partition coefficient (Wildman–Crippen LogP) is 4.93. The molecule has 0 aliphatic rings. The van der Waals surface area contributed by atoms with Gasteiger partial charge in [-0.25, -0.2) is 9.97 Å². The molecule has 0 radical (unpaired) electrons. The number of aromatic nitrogens is 3. The molecule has 2 aromatic heterocycles. The summed E-state index contributed by atoms with van der Waals surface area (Å²) < 4.78 is 3.08. The van der Waals surface area contributed by atoms with Gasteiger partial charge in [-0.2, -0.15) is 0 Å². The van der Waals surface area contributed by atoms with Crippen molar-refractivity contribution >= 4 is 38.7 Å². The van der Waals surface area contributed by atoms with Gasteiger partial charge in [0.15, 0.2) is 5.65 Å². The number of aryl methyl sites for hydroxylation is 1. The van der Waals surface area contributed by atoms with E-state index >= 15 is 0 Å². The number of hydrogen-bond donors (Lipinski definition) is 0. The van der Waals surface area contributed by atoms with Crippen molar-refractivity contribution in [2.45, 2.75) is 46.0 Å². The maximum Gasteiger partial charge on any atom is 0.160 e. The van der Waals surface area contributed by atoms with Crippen LogP contribution in [0.2, 0.25) is 0 Å². The van der Waals surface area contributed by atoms with E-state index in [2.05, 4.69) is 51.2 Å². The summed E-state index contributed by atoms with van der Waals surface area (Å²) in [5.74, 6) is 0.895. The molecule has 0 saturated carbocycles. The second-order valence-electron chi connectivity index (χ2n) is 6.04. The Morgan fingerprint density at radius 3 is 2.68 bits per heavy atom. The quantitative estimate of drug-likeness (QED) is 0.739. The van der Waals surface area contributed by atoms with Gasteiger partial charge in [0.25, 0.3) is 0 Å². The Hall–Kier alpha value is -0.610. The lowest BCUT2D eigenvalue weighted by Crippen LogP contribution is -2.13. The fourth-order valence-electron chi connectivity index (χ4n) is 1.98. The Morgan fingerprint density at radius 2 is 2.11 bits per heavy atom. The third-order valence-electron chi connectivity index (χ3n) is 3.02. The molecule has 5 heteroatoms. The van der Waals surface area contributed by atoms with Gasteiger partial charge in [-0.3, -0.25) is 0 Å². The first-order valence-corrected chi connectivity index (χ1v) is 7.66. The molecule has 2 rings (SSSR count). The van der Waals surface area contributed by atoms with Gasteiger partial charge < -0.3 is 4.57 Å². The standard InChI is InChI=1S/C14H19BrClN3/c1-9(16)12-18-11-7-10(15)8-17-13(11)19(12)6-5-14(2,3)4/h7-9H,5-6H2,1-4H3. The highest BCUT2D eigenvalue weighted by atomic mass is 79.9. The molecule has 0 saturated heterocycles. The summed E-state index contributed by atoms with van der Waals surface area (Å²) in [7, 11) is 0. The molecular weight excluding hydrogens is 326 g/mol. The minimum Gasteiger partial charge on any atom is -0.311 e. The largest absolute Gasteiger partial charge is 0.311 e. The predicted molar refractivity (Wildman–Crippen MR) is 83.6 cm³/mol. The molecule has 0 aliphatic carbocycles. The highest BCUT2D eigenvalue weighted by Crippen LogP contribution is 2.27. The molecule has 19 heavy (non-hydrogen) atoms. The lowest BCUT2D eigenvalue weighted by atomic mass is 9.92. The van der Waals surface area contributed by atoms with Crippen molar-refractivity contribution in [1.29, 1.82) is 0 Å². The van der Waals surface area contributed by atoms with Crippen molar-refractivity contribution in [1.82, 2.24) is 14.5 Å².